The van der Waals surface area contributed by atoms with E-state index in [2.05, 4.69) is 16.8 Å². The molecule has 0 fully saturated rings. The molecule has 0 saturated heterocycles. The molecule has 9 heteroatoms. The first kappa shape index (κ1) is 29.6. The second-order valence-corrected chi connectivity index (χ2v) is 10.8. The molecule has 2 aromatic carbocycles. The maximum Gasteiger partial charge on any atom is 0.422 e. The molecule has 0 bridgehead atoms. The number of nitrogens with one attached hydrogen (secondary N) is 2. The molecule has 0 aliphatic heterocycles. The van der Waals surface area contributed by atoms with Gasteiger partial charge in [0, 0.05) is 13.1 Å². The summed E-state index contributed by atoms with van der Waals surface area (Å²) >= 11 is 0. The number of ether oxygens (including phenoxy) is 2. The second kappa shape index (κ2) is 13.1. The standard InChI is InChI=1S/C28H38N4O5/c1-27(2,3)36-25(34)30-23(16-20-10-8-7-9-11-20)24(33)19-32(31-26(35)37-28(4,5)6)18-22-14-12-21(17-29)13-15-22/h7-15,23-24,33H,16,18-19H2,1-6H3,(H,30,34)(H,31,35)/t23-,24-/m0/s1. The topological polar surface area (TPSA) is 124 Å². The van der Waals surface area contributed by atoms with Gasteiger partial charge in [-0.15, -0.1) is 0 Å². The quantitative estimate of drug-likeness (QED) is 0.430. The van der Waals surface area contributed by atoms with Crippen molar-refractivity contribution in [3.63, 3.8) is 0 Å². The van der Waals surface area contributed by atoms with E-state index in [9.17, 15) is 14.7 Å². The van der Waals surface area contributed by atoms with Crippen molar-refractivity contribution in [2.24, 2.45) is 0 Å². The van der Waals surface area contributed by atoms with Crippen molar-refractivity contribution < 1.29 is 24.2 Å². The Bertz CT molecular complexity index is 1050. The smallest absolute Gasteiger partial charge is 0.422 e. The fourth-order valence-corrected chi connectivity index (χ4v) is 3.45. The molecular weight excluding hydrogens is 472 g/mol. The average Bonchev–Trinajstić information content (AvgIpc) is 2.77. The minimum atomic E-state index is -1.08. The molecule has 2 rings (SSSR count). The number of alkyl carbamates (subject to hydrolysis) is 1. The molecule has 200 valence electrons. The maximum atomic E-state index is 12.6. The number of rotatable bonds is 9. The summed E-state index contributed by atoms with van der Waals surface area (Å²) in [7, 11) is 0. The molecule has 0 saturated carbocycles. The van der Waals surface area contributed by atoms with Crippen LogP contribution in [0.4, 0.5) is 9.59 Å². The lowest BCUT2D eigenvalue weighted by molar-refractivity contribution is 0.0106. The van der Waals surface area contributed by atoms with Crippen LogP contribution in [0.5, 0.6) is 0 Å². The number of carbonyl (C=O) groups is 2. The van der Waals surface area contributed by atoms with Gasteiger partial charge in [-0.3, -0.25) is 5.43 Å². The molecule has 2 aromatic rings. The number of hydrogen-bond acceptors (Lipinski definition) is 7. The van der Waals surface area contributed by atoms with Crippen LogP contribution in [0.25, 0.3) is 0 Å². The number of amides is 2. The molecule has 0 aliphatic rings. The van der Waals surface area contributed by atoms with Gasteiger partial charge in [0.25, 0.3) is 0 Å². The number of carbonyl (C=O) groups excluding carboxylic acids is 2. The molecule has 2 atom stereocenters. The Morgan fingerprint density at radius 1 is 0.919 bits per heavy atom. The van der Waals surface area contributed by atoms with Crippen LogP contribution in [0, 0.1) is 11.3 Å². The summed E-state index contributed by atoms with van der Waals surface area (Å²) < 4.78 is 10.8. The highest BCUT2D eigenvalue weighted by molar-refractivity contribution is 5.68. The minimum Gasteiger partial charge on any atom is -0.444 e. The van der Waals surface area contributed by atoms with Crippen LogP contribution in [0.1, 0.15) is 58.2 Å². The van der Waals surface area contributed by atoms with Crippen LogP contribution in [0.2, 0.25) is 0 Å². The fraction of sp³-hybridized carbons (Fsp3) is 0.464. The number of benzene rings is 2. The largest absolute Gasteiger partial charge is 0.444 e. The monoisotopic (exact) mass is 510 g/mol. The van der Waals surface area contributed by atoms with Crippen molar-refractivity contribution in [2.45, 2.75) is 77.9 Å². The Morgan fingerprint density at radius 2 is 1.49 bits per heavy atom. The normalized spacial score (nSPS) is 13.3. The summed E-state index contributed by atoms with van der Waals surface area (Å²) in [6.07, 6.45) is -2.06. The Labute approximate surface area is 219 Å². The predicted molar refractivity (Wildman–Crippen MR) is 140 cm³/mol. The van der Waals surface area contributed by atoms with Crippen LogP contribution < -0.4 is 10.7 Å². The van der Waals surface area contributed by atoms with Crippen molar-refractivity contribution >= 4 is 12.2 Å². The van der Waals surface area contributed by atoms with Crippen molar-refractivity contribution in [1.29, 1.82) is 5.26 Å². The zero-order valence-corrected chi connectivity index (χ0v) is 22.4. The Hall–Kier alpha value is -3.61. The van der Waals surface area contributed by atoms with Crippen LogP contribution in [-0.2, 0) is 22.4 Å². The van der Waals surface area contributed by atoms with Gasteiger partial charge >= 0.3 is 12.2 Å². The zero-order chi connectivity index (χ0) is 27.6. The molecule has 2 amide bonds. The van der Waals surface area contributed by atoms with Crippen LogP contribution in [0.3, 0.4) is 0 Å². The van der Waals surface area contributed by atoms with E-state index in [-0.39, 0.29) is 13.1 Å². The van der Waals surface area contributed by atoms with Gasteiger partial charge < -0.3 is 19.9 Å². The summed E-state index contributed by atoms with van der Waals surface area (Å²) in [4.78, 5) is 25.1. The molecule has 0 heterocycles. The summed E-state index contributed by atoms with van der Waals surface area (Å²) in [5, 5.41) is 24.6. The van der Waals surface area contributed by atoms with Crippen LogP contribution >= 0.6 is 0 Å². The van der Waals surface area contributed by atoms with Crippen LogP contribution in [-0.4, -0.2) is 52.2 Å². The van der Waals surface area contributed by atoms with Crippen molar-refractivity contribution in [1.82, 2.24) is 15.8 Å². The minimum absolute atomic E-state index is 0.0213. The highest BCUT2D eigenvalue weighted by atomic mass is 16.6. The number of nitriles is 1. The van der Waals surface area contributed by atoms with Gasteiger partial charge in [0.2, 0.25) is 0 Å². The molecule has 0 aromatic heterocycles. The van der Waals surface area contributed by atoms with Gasteiger partial charge in [0.15, 0.2) is 0 Å². The van der Waals surface area contributed by atoms with Gasteiger partial charge in [-0.1, -0.05) is 42.5 Å². The summed E-state index contributed by atoms with van der Waals surface area (Å²) in [6.45, 7) is 10.8. The first-order valence-electron chi connectivity index (χ1n) is 12.2. The van der Waals surface area contributed by atoms with E-state index in [0.717, 1.165) is 11.1 Å². The predicted octanol–water partition coefficient (Wildman–Crippen LogP) is 4.30. The molecular formula is C28H38N4O5. The third-order valence-electron chi connectivity index (χ3n) is 4.98. The van der Waals surface area contributed by atoms with Crippen LogP contribution in [0.15, 0.2) is 54.6 Å². The summed E-state index contributed by atoms with van der Waals surface area (Å²) in [6, 6.07) is 17.7. The van der Waals surface area contributed by atoms with Gasteiger partial charge in [0.1, 0.15) is 11.2 Å². The van der Waals surface area contributed by atoms with Crippen molar-refractivity contribution in [3.8, 4) is 6.07 Å². The summed E-state index contributed by atoms with van der Waals surface area (Å²) in [5.74, 6) is 0. The van der Waals surface area contributed by atoms with Gasteiger partial charge in [-0.25, -0.2) is 14.6 Å². The van der Waals surface area contributed by atoms with E-state index < -0.39 is 35.5 Å². The van der Waals surface area contributed by atoms with E-state index in [0.29, 0.717) is 12.0 Å². The molecule has 37 heavy (non-hydrogen) atoms. The average molecular weight is 511 g/mol. The molecule has 0 radical (unpaired) electrons. The van der Waals surface area contributed by atoms with Gasteiger partial charge in [-0.2, -0.15) is 5.26 Å². The summed E-state index contributed by atoms with van der Waals surface area (Å²) in [5.41, 5.74) is 3.52. The fourth-order valence-electron chi connectivity index (χ4n) is 3.45. The molecule has 0 spiro atoms. The lowest BCUT2D eigenvalue weighted by Crippen LogP contribution is -2.54. The van der Waals surface area contributed by atoms with E-state index in [1.54, 1.807) is 65.8 Å². The molecule has 0 unspecified atom stereocenters. The Balaban J connectivity index is 2.24. The van der Waals surface area contributed by atoms with Gasteiger partial charge in [0.05, 0.1) is 23.8 Å². The van der Waals surface area contributed by atoms with E-state index in [1.807, 2.05) is 30.3 Å². The van der Waals surface area contributed by atoms with E-state index in [4.69, 9.17) is 14.7 Å². The number of aliphatic hydroxyl groups is 1. The third-order valence-corrected chi connectivity index (χ3v) is 4.98. The van der Waals surface area contributed by atoms with Crippen molar-refractivity contribution in [2.75, 3.05) is 6.54 Å². The Morgan fingerprint density at radius 3 is 2.03 bits per heavy atom. The lowest BCUT2D eigenvalue weighted by atomic mass is 10.0. The number of aliphatic hydroxyl groups excluding tert-OH is 1. The van der Waals surface area contributed by atoms with E-state index in [1.165, 1.54) is 5.01 Å². The third kappa shape index (κ3) is 11.8. The number of nitrogens with zero attached hydrogens (tertiary/aromatic N) is 2. The Kier molecular flexibility index (Phi) is 10.5. The van der Waals surface area contributed by atoms with Crippen molar-refractivity contribution in [3.05, 3.63) is 71.3 Å². The number of hydrazine groups is 1. The SMILES string of the molecule is CC(C)(C)OC(=O)N[C@@H](Cc1ccccc1)[C@@H](O)CN(Cc1ccc(C#N)cc1)NC(=O)OC(C)(C)C. The van der Waals surface area contributed by atoms with Gasteiger partial charge in [-0.05, 0) is 71.2 Å². The highest BCUT2D eigenvalue weighted by Gasteiger charge is 2.28. The second-order valence-electron chi connectivity index (χ2n) is 10.8. The lowest BCUT2D eigenvalue weighted by Gasteiger charge is -2.31. The first-order valence-corrected chi connectivity index (χ1v) is 12.2. The van der Waals surface area contributed by atoms with E-state index >= 15 is 0 Å². The number of hydrogen-bond donors (Lipinski definition) is 3. The highest BCUT2D eigenvalue weighted by Crippen LogP contribution is 2.13. The molecule has 3 N–H and O–H groups in total. The zero-order valence-electron chi connectivity index (χ0n) is 22.4. The molecule has 0 aliphatic carbocycles. The first-order chi connectivity index (χ1) is 17.2. The maximum absolute atomic E-state index is 12.6. The molecule has 9 nitrogen and oxygen atoms in total.